The Kier molecular flexibility index (Phi) is 4.52. The first-order valence-electron chi connectivity index (χ1n) is 6.28. The number of nitrogens with zero attached hydrogens (tertiary/aromatic N) is 3. The molecule has 1 N–H and O–H groups in total. The molecule has 112 valence electrons. The molecule has 1 aliphatic rings. The van der Waals surface area contributed by atoms with Gasteiger partial charge in [0.1, 0.15) is 6.04 Å². The van der Waals surface area contributed by atoms with Gasteiger partial charge in [-0.2, -0.15) is 9.57 Å². The molecule has 21 heavy (non-hydrogen) atoms. The minimum atomic E-state index is -3.79. The van der Waals surface area contributed by atoms with Crippen molar-refractivity contribution in [3.63, 3.8) is 0 Å². The van der Waals surface area contributed by atoms with E-state index in [0.717, 1.165) is 4.31 Å². The summed E-state index contributed by atoms with van der Waals surface area (Å²) in [4.78, 5) is 10.3. The molecule has 0 bridgehead atoms. The third-order valence-corrected chi connectivity index (χ3v) is 5.05. The molecule has 9 heteroatoms. The normalized spacial score (nSPS) is 19.9. The molecular weight excluding hydrogens is 296 g/mol. The van der Waals surface area contributed by atoms with E-state index in [-0.39, 0.29) is 24.3 Å². The predicted octanol–water partition coefficient (Wildman–Crippen LogP) is 0.222. The number of hydrogen-bond donors (Lipinski definition) is 1. The van der Waals surface area contributed by atoms with Crippen LogP contribution in [0.4, 0.5) is 5.69 Å². The molecule has 0 aliphatic carbocycles. The highest BCUT2D eigenvalue weighted by atomic mass is 32.2. The zero-order valence-corrected chi connectivity index (χ0v) is 11.9. The van der Waals surface area contributed by atoms with Crippen molar-refractivity contribution < 1.29 is 13.3 Å². The summed E-state index contributed by atoms with van der Waals surface area (Å²) in [6.45, 7) is 0.891. The molecule has 1 aromatic carbocycles. The van der Waals surface area contributed by atoms with Crippen LogP contribution in [0.2, 0.25) is 0 Å². The Labute approximate surface area is 122 Å². The molecule has 1 aromatic rings. The summed E-state index contributed by atoms with van der Waals surface area (Å²) >= 11 is 0. The molecule has 2 rings (SSSR count). The van der Waals surface area contributed by atoms with Gasteiger partial charge in [-0.25, -0.2) is 8.42 Å². The molecule has 0 radical (unpaired) electrons. The first kappa shape index (κ1) is 15.4. The summed E-state index contributed by atoms with van der Waals surface area (Å²) in [5.41, 5.74) is -0.109. The minimum Gasteiger partial charge on any atom is -0.313 e. The number of benzene rings is 1. The van der Waals surface area contributed by atoms with Crippen LogP contribution in [0.5, 0.6) is 0 Å². The van der Waals surface area contributed by atoms with E-state index in [9.17, 15) is 18.5 Å². The third kappa shape index (κ3) is 3.36. The number of nitrogens with one attached hydrogen (secondary N) is 1. The van der Waals surface area contributed by atoms with Gasteiger partial charge in [-0.1, -0.05) is 18.2 Å². The summed E-state index contributed by atoms with van der Waals surface area (Å²) in [5.74, 6) is -0.484. The SMILES string of the molecule is N#CC1CNCCN1S(=O)(=O)Cc1ccccc1[N+](=O)[O-]. The largest absolute Gasteiger partial charge is 0.313 e. The molecule has 0 amide bonds. The third-order valence-electron chi connectivity index (χ3n) is 3.23. The van der Waals surface area contributed by atoms with E-state index in [2.05, 4.69) is 5.32 Å². The molecule has 1 saturated heterocycles. The van der Waals surface area contributed by atoms with Crippen molar-refractivity contribution in [2.75, 3.05) is 19.6 Å². The maximum atomic E-state index is 12.4. The van der Waals surface area contributed by atoms with Gasteiger partial charge < -0.3 is 5.32 Å². The summed E-state index contributed by atoms with van der Waals surface area (Å²) < 4.78 is 26.0. The molecule has 8 nitrogen and oxygen atoms in total. The highest BCUT2D eigenvalue weighted by Gasteiger charge is 2.33. The van der Waals surface area contributed by atoms with Gasteiger partial charge in [0.15, 0.2) is 0 Å². The molecule has 0 saturated carbocycles. The van der Waals surface area contributed by atoms with Gasteiger partial charge in [0.25, 0.3) is 5.69 Å². The Bertz CT molecular complexity index is 683. The molecular formula is C12H14N4O4S. The number of nitriles is 1. The van der Waals surface area contributed by atoms with E-state index >= 15 is 0 Å². The van der Waals surface area contributed by atoms with Crippen molar-refractivity contribution in [3.05, 3.63) is 39.9 Å². The fraction of sp³-hybridized carbons (Fsp3) is 0.417. The quantitative estimate of drug-likeness (QED) is 0.628. The number of rotatable bonds is 4. The lowest BCUT2D eigenvalue weighted by atomic mass is 10.2. The Balaban J connectivity index is 2.30. The number of piperazine rings is 1. The Morgan fingerprint density at radius 2 is 2.19 bits per heavy atom. The lowest BCUT2D eigenvalue weighted by Crippen LogP contribution is -2.53. The molecule has 0 spiro atoms. The van der Waals surface area contributed by atoms with Crippen molar-refractivity contribution in [3.8, 4) is 6.07 Å². The van der Waals surface area contributed by atoms with Crippen LogP contribution in [-0.4, -0.2) is 43.3 Å². The van der Waals surface area contributed by atoms with E-state index in [1.807, 2.05) is 6.07 Å². The Hall–Kier alpha value is -2.02. The van der Waals surface area contributed by atoms with Gasteiger partial charge in [0.2, 0.25) is 10.0 Å². The Morgan fingerprint density at radius 3 is 2.86 bits per heavy atom. The second-order valence-corrected chi connectivity index (χ2v) is 6.52. The summed E-state index contributed by atoms with van der Waals surface area (Å²) in [5, 5.41) is 22.9. The fourth-order valence-electron chi connectivity index (χ4n) is 2.22. The lowest BCUT2D eigenvalue weighted by Gasteiger charge is -2.30. The standard InChI is InChI=1S/C12H14N4O4S/c13-7-11-8-14-5-6-15(11)21(19,20)9-10-3-1-2-4-12(10)16(17)18/h1-4,11,14H,5-6,8-9H2. The smallest absolute Gasteiger partial charge is 0.273 e. The van der Waals surface area contributed by atoms with Crippen LogP contribution < -0.4 is 5.32 Å². The molecule has 0 aromatic heterocycles. The lowest BCUT2D eigenvalue weighted by molar-refractivity contribution is -0.385. The van der Waals surface area contributed by atoms with Crippen LogP contribution in [0.25, 0.3) is 0 Å². The van der Waals surface area contributed by atoms with Gasteiger partial charge in [0.05, 0.1) is 16.7 Å². The number of para-hydroxylation sites is 1. The number of sulfonamides is 1. The van der Waals surface area contributed by atoms with Gasteiger partial charge >= 0.3 is 0 Å². The molecule has 1 atom stereocenters. The summed E-state index contributed by atoms with van der Waals surface area (Å²) in [6, 6.07) is 6.87. The van der Waals surface area contributed by atoms with Gasteiger partial charge in [-0.05, 0) is 0 Å². The van der Waals surface area contributed by atoms with E-state index in [4.69, 9.17) is 5.26 Å². The summed E-state index contributed by atoms with van der Waals surface area (Å²) in [6.07, 6.45) is 0. The molecule has 1 heterocycles. The minimum absolute atomic E-state index is 0.123. The zero-order chi connectivity index (χ0) is 15.5. The highest BCUT2D eigenvalue weighted by molar-refractivity contribution is 7.88. The van der Waals surface area contributed by atoms with Crippen molar-refractivity contribution in [2.24, 2.45) is 0 Å². The second kappa shape index (κ2) is 6.17. The summed E-state index contributed by atoms with van der Waals surface area (Å²) in [7, 11) is -3.79. The van der Waals surface area contributed by atoms with Crippen molar-refractivity contribution in [2.45, 2.75) is 11.8 Å². The van der Waals surface area contributed by atoms with Crippen molar-refractivity contribution in [1.82, 2.24) is 9.62 Å². The van der Waals surface area contributed by atoms with Gasteiger partial charge in [-0.15, -0.1) is 0 Å². The van der Waals surface area contributed by atoms with E-state index in [0.29, 0.717) is 6.54 Å². The van der Waals surface area contributed by atoms with Crippen LogP contribution in [0, 0.1) is 21.4 Å². The average Bonchev–Trinajstić information content (AvgIpc) is 2.47. The Morgan fingerprint density at radius 1 is 1.48 bits per heavy atom. The highest BCUT2D eigenvalue weighted by Crippen LogP contribution is 2.22. The van der Waals surface area contributed by atoms with Crippen molar-refractivity contribution >= 4 is 15.7 Å². The van der Waals surface area contributed by atoms with Crippen molar-refractivity contribution in [1.29, 1.82) is 5.26 Å². The van der Waals surface area contributed by atoms with E-state index in [1.54, 1.807) is 6.07 Å². The van der Waals surface area contributed by atoms with Crippen LogP contribution in [-0.2, 0) is 15.8 Å². The number of nitro groups is 1. The maximum Gasteiger partial charge on any atom is 0.273 e. The van der Waals surface area contributed by atoms with Crippen LogP contribution in [0.1, 0.15) is 5.56 Å². The predicted molar refractivity (Wildman–Crippen MR) is 74.7 cm³/mol. The fourth-order valence-corrected chi connectivity index (χ4v) is 3.90. The zero-order valence-electron chi connectivity index (χ0n) is 11.1. The monoisotopic (exact) mass is 310 g/mol. The average molecular weight is 310 g/mol. The topological polar surface area (TPSA) is 116 Å². The van der Waals surface area contributed by atoms with E-state index < -0.39 is 26.7 Å². The first-order valence-corrected chi connectivity index (χ1v) is 7.89. The molecule has 1 aliphatic heterocycles. The van der Waals surface area contributed by atoms with Crippen LogP contribution in [0.3, 0.4) is 0 Å². The molecule has 1 fully saturated rings. The van der Waals surface area contributed by atoms with Gasteiger partial charge in [0, 0.05) is 31.3 Å². The molecule has 1 unspecified atom stereocenters. The second-order valence-electron chi connectivity index (χ2n) is 4.60. The van der Waals surface area contributed by atoms with Gasteiger partial charge in [-0.3, -0.25) is 10.1 Å². The maximum absolute atomic E-state index is 12.4. The first-order chi connectivity index (χ1) is 9.95. The van der Waals surface area contributed by atoms with Crippen LogP contribution >= 0.6 is 0 Å². The number of hydrogen-bond acceptors (Lipinski definition) is 6. The number of nitro benzene ring substituents is 1. The van der Waals surface area contributed by atoms with E-state index in [1.165, 1.54) is 18.2 Å². The van der Waals surface area contributed by atoms with Crippen LogP contribution in [0.15, 0.2) is 24.3 Å².